The number of carbonyl (C=O) groups excluding carboxylic acids is 1. The maximum absolute atomic E-state index is 12.1. The SMILES string of the molecule is C=Nc1ccn(SI)c1/N=C\CC(=O)c1ccc(OC)cc1. The van der Waals surface area contributed by atoms with Gasteiger partial charge in [-0.05, 0) is 37.0 Å². The van der Waals surface area contributed by atoms with Gasteiger partial charge >= 0.3 is 0 Å². The standard InChI is InChI=1S/C15H14IN3O2S/c1-17-13-8-10-19(22-16)15(13)18-9-7-14(20)11-3-5-12(21-2)6-4-11/h3-6,8-10H,1,7H2,2H3/b18-9-. The Morgan fingerprint density at radius 2 is 2.14 bits per heavy atom. The molecule has 0 atom stereocenters. The molecular formula is C15H14IN3O2S. The summed E-state index contributed by atoms with van der Waals surface area (Å²) in [6, 6.07) is 8.85. The van der Waals surface area contributed by atoms with Crippen LogP contribution in [0.5, 0.6) is 5.75 Å². The maximum atomic E-state index is 12.1. The first-order chi connectivity index (χ1) is 10.7. The van der Waals surface area contributed by atoms with Crippen molar-refractivity contribution < 1.29 is 9.53 Å². The number of nitrogens with zero attached hydrogens (tertiary/aromatic N) is 3. The van der Waals surface area contributed by atoms with Crippen LogP contribution in [-0.4, -0.2) is 29.8 Å². The highest BCUT2D eigenvalue weighted by molar-refractivity contribution is 14.2. The number of ether oxygens (including phenoxy) is 1. The van der Waals surface area contributed by atoms with Crippen molar-refractivity contribution >= 4 is 60.5 Å². The summed E-state index contributed by atoms with van der Waals surface area (Å²) in [4.78, 5) is 20.4. The van der Waals surface area contributed by atoms with Gasteiger partial charge in [-0.15, -0.1) is 0 Å². The zero-order chi connectivity index (χ0) is 15.9. The Morgan fingerprint density at radius 1 is 1.41 bits per heavy atom. The van der Waals surface area contributed by atoms with Crippen LogP contribution >= 0.6 is 30.3 Å². The second-order valence-electron chi connectivity index (χ2n) is 4.24. The minimum Gasteiger partial charge on any atom is -0.497 e. The normalized spacial score (nSPS) is 10.8. The maximum Gasteiger partial charge on any atom is 0.169 e. The van der Waals surface area contributed by atoms with E-state index in [-0.39, 0.29) is 12.2 Å². The van der Waals surface area contributed by atoms with Crippen molar-refractivity contribution in [1.29, 1.82) is 0 Å². The zero-order valence-electron chi connectivity index (χ0n) is 11.9. The summed E-state index contributed by atoms with van der Waals surface area (Å²) < 4.78 is 6.93. The van der Waals surface area contributed by atoms with Crippen LogP contribution in [-0.2, 0) is 0 Å². The predicted octanol–water partition coefficient (Wildman–Crippen LogP) is 4.65. The third-order valence-electron chi connectivity index (χ3n) is 2.95. The molecule has 0 aliphatic rings. The summed E-state index contributed by atoms with van der Waals surface area (Å²) in [5, 5.41) is 0. The van der Waals surface area contributed by atoms with E-state index in [4.69, 9.17) is 4.74 Å². The molecule has 0 unspecified atom stereocenters. The van der Waals surface area contributed by atoms with Crippen molar-refractivity contribution in [1.82, 2.24) is 3.97 Å². The zero-order valence-corrected chi connectivity index (χ0v) is 14.9. The predicted molar refractivity (Wildman–Crippen MR) is 101 cm³/mol. The monoisotopic (exact) mass is 427 g/mol. The lowest BCUT2D eigenvalue weighted by molar-refractivity contribution is 0.100. The molecule has 1 heterocycles. The molecule has 1 aromatic heterocycles. The number of halogens is 1. The van der Waals surface area contributed by atoms with Crippen LogP contribution in [0, 0.1) is 0 Å². The van der Waals surface area contributed by atoms with E-state index in [0.29, 0.717) is 17.1 Å². The summed E-state index contributed by atoms with van der Waals surface area (Å²) in [5.74, 6) is 1.40. The second kappa shape index (κ2) is 8.14. The molecule has 2 rings (SSSR count). The van der Waals surface area contributed by atoms with Gasteiger partial charge in [-0.25, -0.2) is 4.99 Å². The Hall–Kier alpha value is -1.61. The van der Waals surface area contributed by atoms with Gasteiger partial charge in [0.15, 0.2) is 11.6 Å². The first-order valence-corrected chi connectivity index (χ1v) is 9.68. The van der Waals surface area contributed by atoms with Crippen LogP contribution in [0.3, 0.4) is 0 Å². The Balaban J connectivity index is 2.06. The molecule has 114 valence electrons. The molecule has 0 aliphatic carbocycles. The van der Waals surface area contributed by atoms with Gasteiger partial charge in [0.25, 0.3) is 0 Å². The van der Waals surface area contributed by atoms with Gasteiger partial charge in [0.05, 0.1) is 7.11 Å². The van der Waals surface area contributed by atoms with E-state index in [0.717, 1.165) is 5.75 Å². The molecule has 22 heavy (non-hydrogen) atoms. The highest BCUT2D eigenvalue weighted by atomic mass is 127. The number of Topliss-reactive ketones (excluding diaryl/α,β-unsaturated/α-hetero) is 1. The van der Waals surface area contributed by atoms with E-state index < -0.39 is 0 Å². The molecular weight excluding hydrogens is 413 g/mol. The van der Waals surface area contributed by atoms with Gasteiger partial charge in [-0.3, -0.25) is 13.8 Å². The van der Waals surface area contributed by atoms with Gasteiger partial charge in [0.2, 0.25) is 0 Å². The molecule has 0 saturated heterocycles. The summed E-state index contributed by atoms with van der Waals surface area (Å²) in [7, 11) is 3.07. The number of carbonyl (C=O) groups is 1. The van der Waals surface area contributed by atoms with Crippen molar-refractivity contribution in [3.05, 3.63) is 42.1 Å². The number of benzene rings is 1. The minimum absolute atomic E-state index is 0.000233. The van der Waals surface area contributed by atoms with Crippen LogP contribution in [0.1, 0.15) is 16.8 Å². The molecule has 0 fully saturated rings. The lowest BCUT2D eigenvalue weighted by Crippen LogP contribution is -1.99. The fraction of sp³-hybridized carbons (Fsp3) is 0.133. The first-order valence-electron chi connectivity index (χ1n) is 6.36. The molecule has 7 heteroatoms. The fourth-order valence-corrected chi connectivity index (χ4v) is 3.07. The van der Waals surface area contributed by atoms with Crippen LogP contribution in [0.4, 0.5) is 11.5 Å². The topological polar surface area (TPSA) is 56.0 Å². The van der Waals surface area contributed by atoms with Gasteiger partial charge in [-0.1, -0.05) is 0 Å². The van der Waals surface area contributed by atoms with Crippen molar-refractivity contribution in [2.24, 2.45) is 9.98 Å². The molecule has 5 nitrogen and oxygen atoms in total. The Kier molecular flexibility index (Phi) is 6.20. The molecule has 0 aliphatic heterocycles. The van der Waals surface area contributed by atoms with Crippen LogP contribution in [0.15, 0.2) is 46.5 Å². The summed E-state index contributed by atoms with van der Waals surface area (Å²) in [6.45, 7) is 3.52. The molecule has 2 aromatic rings. The lowest BCUT2D eigenvalue weighted by atomic mass is 10.1. The van der Waals surface area contributed by atoms with Crippen LogP contribution in [0.25, 0.3) is 0 Å². The van der Waals surface area contributed by atoms with Crippen molar-refractivity contribution in [3.8, 4) is 5.75 Å². The molecule has 0 bridgehead atoms. The number of aliphatic imine (C=N–C) groups is 2. The van der Waals surface area contributed by atoms with Gasteiger partial charge in [-0.2, -0.15) is 0 Å². The summed E-state index contributed by atoms with van der Waals surface area (Å²) in [6.07, 6.45) is 3.68. The third kappa shape index (κ3) is 3.98. The molecule has 1 aromatic carbocycles. The number of ketones is 1. The lowest BCUT2D eigenvalue weighted by Gasteiger charge is -2.01. The molecule has 0 saturated carbocycles. The van der Waals surface area contributed by atoms with Gasteiger partial charge < -0.3 is 4.74 Å². The average Bonchev–Trinajstić information content (AvgIpc) is 2.96. The van der Waals surface area contributed by atoms with E-state index >= 15 is 0 Å². The Morgan fingerprint density at radius 3 is 2.73 bits per heavy atom. The van der Waals surface area contributed by atoms with Gasteiger partial charge in [0, 0.05) is 54.7 Å². The van der Waals surface area contributed by atoms with E-state index in [2.05, 4.69) is 37.9 Å². The number of rotatable bonds is 7. The number of hydrogen-bond acceptors (Lipinski definition) is 5. The van der Waals surface area contributed by atoms with Crippen molar-refractivity contribution in [3.63, 3.8) is 0 Å². The fourth-order valence-electron chi connectivity index (χ4n) is 1.81. The molecule has 0 amide bonds. The Bertz CT molecular complexity index is 695. The smallest absolute Gasteiger partial charge is 0.169 e. The second-order valence-corrected chi connectivity index (χ2v) is 5.96. The highest BCUT2D eigenvalue weighted by Gasteiger charge is 2.07. The summed E-state index contributed by atoms with van der Waals surface area (Å²) in [5.41, 5.74) is 1.32. The highest BCUT2D eigenvalue weighted by Crippen LogP contribution is 2.34. The summed E-state index contributed by atoms with van der Waals surface area (Å²) >= 11 is 2.15. The van der Waals surface area contributed by atoms with Crippen molar-refractivity contribution in [2.75, 3.05) is 7.11 Å². The third-order valence-corrected chi connectivity index (χ3v) is 4.67. The minimum atomic E-state index is -0.000233. The van der Waals surface area contributed by atoms with Crippen molar-refractivity contribution in [2.45, 2.75) is 6.42 Å². The van der Waals surface area contributed by atoms with E-state index in [9.17, 15) is 4.79 Å². The number of hydrogen-bond donors (Lipinski definition) is 0. The number of aromatic nitrogens is 1. The molecule has 0 spiro atoms. The number of methoxy groups -OCH3 is 1. The Labute approximate surface area is 145 Å². The molecule has 0 N–H and O–H groups in total. The van der Waals surface area contributed by atoms with Crippen LogP contribution < -0.4 is 4.74 Å². The first kappa shape index (κ1) is 16.8. The van der Waals surface area contributed by atoms with Crippen LogP contribution in [0.2, 0.25) is 0 Å². The van der Waals surface area contributed by atoms with E-state index in [1.165, 1.54) is 9.12 Å². The van der Waals surface area contributed by atoms with Gasteiger partial charge in [0.1, 0.15) is 11.4 Å². The average molecular weight is 427 g/mol. The van der Waals surface area contributed by atoms with E-state index in [1.807, 2.05) is 16.2 Å². The van der Waals surface area contributed by atoms with E-state index in [1.54, 1.807) is 37.6 Å². The largest absolute Gasteiger partial charge is 0.497 e. The molecule has 0 radical (unpaired) electrons. The quantitative estimate of drug-likeness (QED) is 0.367.